The number of carbonyl (C=O) groups is 1. The molecule has 2 aliphatic heterocycles. The summed E-state index contributed by atoms with van der Waals surface area (Å²) in [5.74, 6) is 0. The lowest BCUT2D eigenvalue weighted by atomic mass is 10.2. The molecule has 0 radical (unpaired) electrons. The van der Waals surface area contributed by atoms with E-state index in [2.05, 4.69) is 5.32 Å². The van der Waals surface area contributed by atoms with Gasteiger partial charge in [-0.25, -0.2) is 9.80 Å². The highest BCUT2D eigenvalue weighted by Gasteiger charge is 2.24. The van der Waals surface area contributed by atoms with Gasteiger partial charge in [-0.3, -0.25) is 5.01 Å². The third-order valence-electron chi connectivity index (χ3n) is 2.81. The highest BCUT2D eigenvalue weighted by atomic mass is 16.4. The molecule has 0 fully saturated rings. The fourth-order valence-electron chi connectivity index (χ4n) is 1.89. The van der Waals surface area contributed by atoms with Crippen LogP contribution in [0.4, 0.5) is 4.79 Å². The minimum Gasteiger partial charge on any atom is -0.464 e. The second-order valence-electron chi connectivity index (χ2n) is 4.08. The third kappa shape index (κ3) is 2.40. The second kappa shape index (κ2) is 5.44. The van der Waals surface area contributed by atoms with Crippen molar-refractivity contribution in [3.63, 3.8) is 0 Å². The van der Waals surface area contributed by atoms with E-state index in [0.717, 1.165) is 24.2 Å². The van der Waals surface area contributed by atoms with Gasteiger partial charge in [-0.15, -0.1) is 0 Å². The number of carboxylic acid groups (broad SMARTS) is 1. The van der Waals surface area contributed by atoms with E-state index in [9.17, 15) is 9.90 Å². The summed E-state index contributed by atoms with van der Waals surface area (Å²) in [7, 11) is 0. The van der Waals surface area contributed by atoms with Crippen LogP contribution >= 0.6 is 0 Å². The van der Waals surface area contributed by atoms with E-state index < -0.39 is 6.09 Å². The molecule has 0 aromatic rings. The molecular formula is C13H17N3O2. The monoisotopic (exact) mass is 247 g/mol. The van der Waals surface area contributed by atoms with Gasteiger partial charge < -0.3 is 10.4 Å². The van der Waals surface area contributed by atoms with Gasteiger partial charge in [0.1, 0.15) is 0 Å². The zero-order valence-corrected chi connectivity index (χ0v) is 10.3. The number of nitrogens with one attached hydrogen (secondary N) is 1. The van der Waals surface area contributed by atoms with E-state index in [0.29, 0.717) is 6.54 Å². The van der Waals surface area contributed by atoms with Crippen molar-refractivity contribution in [3.05, 3.63) is 48.1 Å². The van der Waals surface area contributed by atoms with Crippen LogP contribution < -0.4 is 5.32 Å². The van der Waals surface area contributed by atoms with Crippen molar-refractivity contribution >= 4 is 6.09 Å². The van der Waals surface area contributed by atoms with E-state index in [4.69, 9.17) is 0 Å². The summed E-state index contributed by atoms with van der Waals surface area (Å²) < 4.78 is 0. The van der Waals surface area contributed by atoms with Gasteiger partial charge in [0.15, 0.2) is 0 Å². The number of unbranched alkanes of at least 4 members (excludes halogenated alkanes) is 1. The average molecular weight is 247 g/mol. The lowest BCUT2D eigenvalue weighted by Crippen LogP contribution is -2.45. The third-order valence-corrected chi connectivity index (χ3v) is 2.81. The van der Waals surface area contributed by atoms with Crippen LogP contribution in [-0.2, 0) is 0 Å². The summed E-state index contributed by atoms with van der Waals surface area (Å²) in [6.07, 6.45) is 12.0. The molecule has 1 amide bonds. The van der Waals surface area contributed by atoms with Crippen LogP contribution in [0.1, 0.15) is 19.8 Å². The maximum absolute atomic E-state index is 11.3. The summed E-state index contributed by atoms with van der Waals surface area (Å²) >= 11 is 0. The zero-order valence-electron chi connectivity index (χ0n) is 10.3. The number of allylic oxidation sites excluding steroid dienone is 4. The summed E-state index contributed by atoms with van der Waals surface area (Å²) in [5, 5.41) is 15.4. The molecule has 0 spiro atoms. The van der Waals surface area contributed by atoms with Crippen molar-refractivity contribution in [2.24, 2.45) is 0 Å². The molecule has 0 bridgehead atoms. The number of dihydropyridines is 1. The molecule has 96 valence electrons. The highest BCUT2D eigenvalue weighted by Crippen LogP contribution is 2.23. The van der Waals surface area contributed by atoms with E-state index in [1.54, 1.807) is 11.2 Å². The molecule has 5 heteroatoms. The lowest BCUT2D eigenvalue weighted by molar-refractivity contribution is 0.0515. The molecule has 0 aromatic heterocycles. The molecule has 2 heterocycles. The maximum Gasteiger partial charge on any atom is 0.426 e. The van der Waals surface area contributed by atoms with E-state index in [1.807, 2.05) is 37.4 Å². The second-order valence-corrected chi connectivity index (χ2v) is 4.08. The normalized spacial score (nSPS) is 16.6. The quantitative estimate of drug-likeness (QED) is 0.801. The molecule has 2 N–H and O–H groups in total. The first-order valence-corrected chi connectivity index (χ1v) is 6.06. The Morgan fingerprint density at radius 3 is 3.00 bits per heavy atom. The van der Waals surface area contributed by atoms with Crippen molar-refractivity contribution in [2.45, 2.75) is 19.8 Å². The molecular weight excluding hydrogens is 230 g/mol. The fourth-order valence-corrected chi connectivity index (χ4v) is 1.89. The number of amides is 1. The molecule has 0 atom stereocenters. The fraction of sp³-hybridized carbons (Fsp3) is 0.308. The molecule has 5 nitrogen and oxygen atoms in total. The van der Waals surface area contributed by atoms with Gasteiger partial charge in [-0.1, -0.05) is 13.3 Å². The van der Waals surface area contributed by atoms with Gasteiger partial charge in [0.2, 0.25) is 0 Å². The standard InChI is InChI=1S/C13H17N3O2/c1-2-3-9-16(13(17)18)15-10-5-6-11-12(15)7-4-8-14-11/h4-8,10,14H,2-3,9H2,1H3,(H,17,18). The first kappa shape index (κ1) is 12.3. The van der Waals surface area contributed by atoms with Gasteiger partial charge in [-0.2, -0.15) is 0 Å². The molecule has 0 saturated heterocycles. The minimum atomic E-state index is -0.940. The Bertz CT molecular complexity index is 449. The summed E-state index contributed by atoms with van der Waals surface area (Å²) in [6.45, 7) is 2.53. The van der Waals surface area contributed by atoms with Crippen molar-refractivity contribution < 1.29 is 9.90 Å². The van der Waals surface area contributed by atoms with Crippen molar-refractivity contribution in [1.82, 2.24) is 15.3 Å². The van der Waals surface area contributed by atoms with E-state index in [1.165, 1.54) is 5.01 Å². The Balaban J connectivity index is 2.22. The topological polar surface area (TPSA) is 55.8 Å². The van der Waals surface area contributed by atoms with E-state index in [-0.39, 0.29) is 0 Å². The van der Waals surface area contributed by atoms with Gasteiger partial charge in [0, 0.05) is 18.9 Å². The van der Waals surface area contributed by atoms with Crippen molar-refractivity contribution in [1.29, 1.82) is 0 Å². The number of rotatable bonds is 4. The number of hydrogen-bond acceptors (Lipinski definition) is 3. The van der Waals surface area contributed by atoms with Gasteiger partial charge in [0.25, 0.3) is 0 Å². The predicted molar refractivity (Wildman–Crippen MR) is 69.1 cm³/mol. The largest absolute Gasteiger partial charge is 0.464 e. The Labute approximate surface area is 106 Å². The Morgan fingerprint density at radius 1 is 1.44 bits per heavy atom. The van der Waals surface area contributed by atoms with Crippen LogP contribution in [-0.4, -0.2) is 27.8 Å². The van der Waals surface area contributed by atoms with E-state index >= 15 is 0 Å². The molecule has 18 heavy (non-hydrogen) atoms. The van der Waals surface area contributed by atoms with Crippen LogP contribution in [0, 0.1) is 0 Å². The van der Waals surface area contributed by atoms with Gasteiger partial charge >= 0.3 is 6.09 Å². The van der Waals surface area contributed by atoms with Crippen LogP contribution in [0.3, 0.4) is 0 Å². The lowest BCUT2D eigenvalue weighted by Gasteiger charge is -2.36. The van der Waals surface area contributed by atoms with Gasteiger partial charge in [-0.05, 0) is 30.7 Å². The molecule has 0 aromatic carbocycles. The molecule has 0 unspecified atom stereocenters. The van der Waals surface area contributed by atoms with Crippen molar-refractivity contribution in [2.75, 3.05) is 6.54 Å². The Kier molecular flexibility index (Phi) is 3.72. The van der Waals surface area contributed by atoms with Crippen LogP contribution in [0.5, 0.6) is 0 Å². The number of nitrogens with zero attached hydrogens (tertiary/aromatic N) is 2. The van der Waals surface area contributed by atoms with Gasteiger partial charge in [0.05, 0.1) is 11.4 Å². The first-order chi connectivity index (χ1) is 8.74. The SMILES string of the molecule is CCCCN(C(=O)O)N1C=CC=C2NC=CC=C21. The first-order valence-electron chi connectivity index (χ1n) is 6.06. The Morgan fingerprint density at radius 2 is 2.28 bits per heavy atom. The smallest absolute Gasteiger partial charge is 0.426 e. The summed E-state index contributed by atoms with van der Waals surface area (Å²) in [5.41, 5.74) is 1.75. The summed E-state index contributed by atoms with van der Waals surface area (Å²) in [4.78, 5) is 11.3. The maximum atomic E-state index is 11.3. The predicted octanol–water partition coefficient (Wildman–Crippen LogP) is 2.40. The Hall–Kier alpha value is -2.17. The molecule has 2 rings (SSSR count). The zero-order chi connectivity index (χ0) is 13.0. The van der Waals surface area contributed by atoms with Crippen LogP contribution in [0.25, 0.3) is 0 Å². The molecule has 0 aliphatic carbocycles. The molecule has 2 aliphatic rings. The highest BCUT2D eigenvalue weighted by molar-refractivity contribution is 5.65. The number of hydrogen-bond donors (Lipinski definition) is 2. The molecule has 0 saturated carbocycles. The number of fused-ring (bicyclic) bond motifs is 1. The summed E-state index contributed by atoms with van der Waals surface area (Å²) in [6, 6.07) is 0. The average Bonchev–Trinajstić information content (AvgIpc) is 2.39. The van der Waals surface area contributed by atoms with Crippen molar-refractivity contribution in [3.8, 4) is 0 Å². The van der Waals surface area contributed by atoms with Crippen LogP contribution in [0.2, 0.25) is 0 Å². The number of hydrazine groups is 1. The minimum absolute atomic E-state index is 0.491. The van der Waals surface area contributed by atoms with Crippen LogP contribution in [0.15, 0.2) is 48.1 Å².